The molecule has 0 spiro atoms. The highest BCUT2D eigenvalue weighted by atomic mass is 19.4. The van der Waals surface area contributed by atoms with Gasteiger partial charge in [0.15, 0.2) is 0 Å². The van der Waals surface area contributed by atoms with Gasteiger partial charge in [-0.2, -0.15) is 13.2 Å². The molecule has 3 N–H and O–H groups in total. The molecule has 0 heterocycles. The Labute approximate surface area is 89.4 Å². The summed E-state index contributed by atoms with van der Waals surface area (Å²) < 4.78 is 35.2. The number of alkyl halides is 3. The molecule has 0 rings (SSSR count). The Morgan fingerprint density at radius 2 is 1.87 bits per heavy atom. The third-order valence-electron chi connectivity index (χ3n) is 2.30. The first-order valence-corrected chi connectivity index (χ1v) is 5.43. The number of nitrogens with one attached hydrogen (secondary N) is 1. The highest BCUT2D eigenvalue weighted by Crippen LogP contribution is 2.18. The number of rotatable bonds is 8. The molecule has 5 heteroatoms. The van der Waals surface area contributed by atoms with Gasteiger partial charge in [-0.25, -0.2) is 0 Å². The molecule has 0 aromatic rings. The molecule has 0 saturated carbocycles. The van der Waals surface area contributed by atoms with E-state index in [-0.39, 0.29) is 6.54 Å². The molecule has 0 aliphatic heterocycles. The lowest BCUT2D eigenvalue weighted by Gasteiger charge is -2.10. The van der Waals surface area contributed by atoms with E-state index in [2.05, 4.69) is 12.2 Å². The Morgan fingerprint density at radius 1 is 1.20 bits per heavy atom. The van der Waals surface area contributed by atoms with Crippen molar-refractivity contribution in [3.63, 3.8) is 0 Å². The molecule has 0 aromatic heterocycles. The molecule has 0 amide bonds. The van der Waals surface area contributed by atoms with E-state index < -0.39 is 12.6 Å². The van der Waals surface area contributed by atoms with Crippen molar-refractivity contribution >= 4 is 0 Å². The van der Waals surface area contributed by atoms with Crippen LogP contribution >= 0.6 is 0 Å². The molecule has 1 unspecified atom stereocenters. The lowest BCUT2D eigenvalue weighted by atomic mass is 10.0. The smallest absolute Gasteiger partial charge is 0.330 e. The van der Waals surface area contributed by atoms with Gasteiger partial charge in [-0.05, 0) is 38.3 Å². The molecule has 2 nitrogen and oxygen atoms in total. The van der Waals surface area contributed by atoms with E-state index in [9.17, 15) is 13.2 Å². The fourth-order valence-electron chi connectivity index (χ4n) is 1.36. The van der Waals surface area contributed by atoms with Gasteiger partial charge in [-0.3, -0.25) is 0 Å². The largest absolute Gasteiger partial charge is 0.390 e. The lowest BCUT2D eigenvalue weighted by molar-refractivity contribution is -0.133. The minimum atomic E-state index is -4.04. The van der Waals surface area contributed by atoms with Crippen molar-refractivity contribution in [3.05, 3.63) is 0 Å². The summed E-state index contributed by atoms with van der Waals surface area (Å²) in [7, 11) is 0. The molecule has 92 valence electrons. The molecular formula is C10H21F3N2. The SMILES string of the molecule is CC(CCN)CCCNCCC(F)(F)F. The fraction of sp³-hybridized carbons (Fsp3) is 1.00. The number of halogens is 3. The van der Waals surface area contributed by atoms with Gasteiger partial charge in [0.2, 0.25) is 0 Å². The Kier molecular flexibility index (Phi) is 7.78. The predicted molar refractivity (Wildman–Crippen MR) is 55.6 cm³/mol. The van der Waals surface area contributed by atoms with Crippen molar-refractivity contribution in [2.75, 3.05) is 19.6 Å². The predicted octanol–water partition coefficient (Wildman–Crippen LogP) is 2.29. The van der Waals surface area contributed by atoms with E-state index in [1.54, 1.807) is 0 Å². The fourth-order valence-corrected chi connectivity index (χ4v) is 1.36. The second-order valence-electron chi connectivity index (χ2n) is 3.94. The Hall–Kier alpha value is -0.290. The molecule has 0 bridgehead atoms. The van der Waals surface area contributed by atoms with E-state index in [0.29, 0.717) is 19.0 Å². The number of nitrogens with two attached hydrogens (primary N) is 1. The van der Waals surface area contributed by atoms with Gasteiger partial charge in [0, 0.05) is 6.54 Å². The molecule has 1 atom stereocenters. The molecule has 0 aromatic carbocycles. The van der Waals surface area contributed by atoms with Crippen molar-refractivity contribution in [3.8, 4) is 0 Å². The van der Waals surface area contributed by atoms with Gasteiger partial charge in [0.05, 0.1) is 6.42 Å². The van der Waals surface area contributed by atoms with E-state index in [0.717, 1.165) is 19.3 Å². The zero-order valence-electron chi connectivity index (χ0n) is 9.24. The van der Waals surface area contributed by atoms with Crippen LogP contribution in [0.2, 0.25) is 0 Å². The van der Waals surface area contributed by atoms with Gasteiger partial charge in [-0.15, -0.1) is 0 Å². The summed E-state index contributed by atoms with van der Waals surface area (Å²) >= 11 is 0. The van der Waals surface area contributed by atoms with Gasteiger partial charge in [0.25, 0.3) is 0 Å². The molecule has 0 saturated heterocycles. The van der Waals surface area contributed by atoms with Crippen molar-refractivity contribution < 1.29 is 13.2 Å². The summed E-state index contributed by atoms with van der Waals surface area (Å²) in [5.41, 5.74) is 5.39. The summed E-state index contributed by atoms with van der Waals surface area (Å²) in [6.45, 7) is 3.48. The maximum Gasteiger partial charge on any atom is 0.390 e. The summed E-state index contributed by atoms with van der Waals surface area (Å²) in [4.78, 5) is 0. The Balaban J connectivity index is 3.18. The first-order valence-electron chi connectivity index (χ1n) is 5.43. The van der Waals surface area contributed by atoms with E-state index >= 15 is 0 Å². The van der Waals surface area contributed by atoms with Crippen molar-refractivity contribution in [2.24, 2.45) is 11.7 Å². The average molecular weight is 226 g/mol. The van der Waals surface area contributed by atoms with Crippen LogP contribution in [0.4, 0.5) is 13.2 Å². The van der Waals surface area contributed by atoms with Crippen LogP contribution in [0.5, 0.6) is 0 Å². The third kappa shape index (κ3) is 11.6. The van der Waals surface area contributed by atoms with Crippen LogP contribution in [-0.2, 0) is 0 Å². The molecule has 15 heavy (non-hydrogen) atoms. The van der Waals surface area contributed by atoms with Gasteiger partial charge >= 0.3 is 6.18 Å². The standard InChI is InChI=1S/C10H21F3N2/c1-9(4-6-14)3-2-7-15-8-5-10(11,12)13/h9,15H,2-8,14H2,1H3. The molecule has 0 aliphatic rings. The normalized spacial score (nSPS) is 14.2. The highest BCUT2D eigenvalue weighted by molar-refractivity contribution is 4.58. The molecule has 0 radical (unpaired) electrons. The second-order valence-corrected chi connectivity index (χ2v) is 3.94. The molecule has 0 fully saturated rings. The first-order chi connectivity index (χ1) is 6.95. The van der Waals surface area contributed by atoms with Crippen LogP contribution in [-0.4, -0.2) is 25.8 Å². The topological polar surface area (TPSA) is 38.0 Å². The van der Waals surface area contributed by atoms with E-state index in [1.807, 2.05) is 0 Å². The average Bonchev–Trinajstić information content (AvgIpc) is 2.09. The monoisotopic (exact) mass is 226 g/mol. The Morgan fingerprint density at radius 3 is 2.40 bits per heavy atom. The van der Waals surface area contributed by atoms with E-state index in [1.165, 1.54) is 0 Å². The van der Waals surface area contributed by atoms with Crippen LogP contribution in [0.1, 0.15) is 32.6 Å². The third-order valence-corrected chi connectivity index (χ3v) is 2.30. The maximum absolute atomic E-state index is 11.7. The van der Waals surface area contributed by atoms with Crippen LogP contribution in [0.15, 0.2) is 0 Å². The van der Waals surface area contributed by atoms with Gasteiger partial charge in [-0.1, -0.05) is 6.92 Å². The Bertz CT molecular complexity index is 148. The van der Waals surface area contributed by atoms with Crippen LogP contribution in [0, 0.1) is 5.92 Å². The summed E-state index contributed by atoms with van der Waals surface area (Å²) in [5, 5.41) is 2.79. The van der Waals surface area contributed by atoms with Gasteiger partial charge < -0.3 is 11.1 Å². The van der Waals surface area contributed by atoms with Crippen LogP contribution in [0.3, 0.4) is 0 Å². The highest BCUT2D eigenvalue weighted by Gasteiger charge is 2.25. The quantitative estimate of drug-likeness (QED) is 0.623. The minimum Gasteiger partial charge on any atom is -0.330 e. The van der Waals surface area contributed by atoms with Crippen LogP contribution in [0.25, 0.3) is 0 Å². The van der Waals surface area contributed by atoms with Crippen LogP contribution < -0.4 is 11.1 Å². The summed E-state index contributed by atoms with van der Waals surface area (Å²) in [6, 6.07) is 0. The summed E-state index contributed by atoms with van der Waals surface area (Å²) in [5.74, 6) is 0.569. The van der Waals surface area contributed by atoms with Crippen molar-refractivity contribution in [2.45, 2.75) is 38.8 Å². The van der Waals surface area contributed by atoms with Gasteiger partial charge in [0.1, 0.15) is 0 Å². The molecular weight excluding hydrogens is 205 g/mol. The zero-order chi connectivity index (χ0) is 11.7. The second kappa shape index (κ2) is 7.93. The lowest BCUT2D eigenvalue weighted by Crippen LogP contribution is -2.23. The van der Waals surface area contributed by atoms with Crippen molar-refractivity contribution in [1.29, 1.82) is 0 Å². The van der Waals surface area contributed by atoms with E-state index in [4.69, 9.17) is 5.73 Å². The van der Waals surface area contributed by atoms with Crippen molar-refractivity contribution in [1.82, 2.24) is 5.32 Å². The summed E-state index contributed by atoms with van der Waals surface area (Å²) in [6.07, 6.45) is -1.86. The molecule has 0 aliphatic carbocycles. The zero-order valence-corrected chi connectivity index (χ0v) is 9.24. The number of hydrogen-bond donors (Lipinski definition) is 2. The minimum absolute atomic E-state index is 0.0226. The number of hydrogen-bond acceptors (Lipinski definition) is 2. The maximum atomic E-state index is 11.7. The first kappa shape index (κ1) is 14.7.